The van der Waals surface area contributed by atoms with Gasteiger partial charge in [0.05, 0.1) is 12.3 Å². The molecule has 21 heavy (non-hydrogen) atoms. The second kappa shape index (κ2) is 7.62. The zero-order chi connectivity index (χ0) is 15.2. The number of hydrogen-bond donors (Lipinski definition) is 0. The maximum absolute atomic E-state index is 6.11. The summed E-state index contributed by atoms with van der Waals surface area (Å²) >= 11 is 9.59. The predicted molar refractivity (Wildman–Crippen MR) is 93.4 cm³/mol. The van der Waals surface area contributed by atoms with E-state index in [1.807, 2.05) is 43.3 Å². The van der Waals surface area contributed by atoms with E-state index in [9.17, 15) is 0 Å². The van der Waals surface area contributed by atoms with Crippen LogP contribution in [0.2, 0.25) is 5.02 Å². The zero-order valence-electron chi connectivity index (χ0n) is 12.1. The zero-order valence-corrected chi connectivity index (χ0v) is 14.4. The van der Waals surface area contributed by atoms with Crippen LogP contribution in [0.1, 0.15) is 24.5 Å². The van der Waals surface area contributed by atoms with Crippen LogP contribution in [0.15, 0.2) is 45.9 Å². The van der Waals surface area contributed by atoms with Gasteiger partial charge in [0.2, 0.25) is 0 Å². The maximum Gasteiger partial charge on any atom is 0.128 e. The van der Waals surface area contributed by atoms with E-state index in [1.54, 1.807) is 6.21 Å². The van der Waals surface area contributed by atoms with Gasteiger partial charge in [0.1, 0.15) is 5.75 Å². The first-order valence-corrected chi connectivity index (χ1v) is 8.00. The molecule has 0 unspecified atom stereocenters. The van der Waals surface area contributed by atoms with Crippen molar-refractivity contribution in [2.45, 2.75) is 20.3 Å². The maximum atomic E-state index is 6.11. The Morgan fingerprint density at radius 1 is 1.24 bits per heavy atom. The number of aryl methyl sites for hydroxylation is 1. The molecule has 4 heteroatoms. The first-order valence-electron chi connectivity index (χ1n) is 6.82. The van der Waals surface area contributed by atoms with Crippen molar-refractivity contribution < 1.29 is 4.74 Å². The van der Waals surface area contributed by atoms with Crippen molar-refractivity contribution in [3.05, 3.63) is 57.0 Å². The lowest BCUT2D eigenvalue weighted by Crippen LogP contribution is -1.98. The minimum atomic E-state index is 0.693. The molecular weight excluding hydrogens is 350 g/mol. The molecule has 0 atom stereocenters. The van der Waals surface area contributed by atoms with Crippen molar-refractivity contribution in [3.8, 4) is 5.75 Å². The van der Waals surface area contributed by atoms with Crippen molar-refractivity contribution in [2.24, 2.45) is 4.99 Å². The number of halogens is 2. The van der Waals surface area contributed by atoms with Gasteiger partial charge < -0.3 is 4.74 Å². The highest BCUT2D eigenvalue weighted by molar-refractivity contribution is 9.10. The van der Waals surface area contributed by atoms with Gasteiger partial charge in [-0.1, -0.05) is 40.5 Å². The highest BCUT2D eigenvalue weighted by Crippen LogP contribution is 2.25. The molecule has 0 amide bonds. The molecule has 0 bridgehead atoms. The van der Waals surface area contributed by atoms with Crippen LogP contribution in [0.3, 0.4) is 0 Å². The summed E-state index contributed by atoms with van der Waals surface area (Å²) in [6, 6.07) is 11.7. The van der Waals surface area contributed by atoms with Gasteiger partial charge in [-0.3, -0.25) is 4.99 Å². The average molecular weight is 367 g/mol. The molecule has 0 radical (unpaired) electrons. The van der Waals surface area contributed by atoms with Crippen LogP contribution in [0, 0.1) is 6.92 Å². The third-order valence-corrected chi connectivity index (χ3v) is 3.84. The molecule has 0 aliphatic rings. The third-order valence-electron chi connectivity index (χ3n) is 2.94. The fourth-order valence-electron chi connectivity index (χ4n) is 1.77. The van der Waals surface area contributed by atoms with Gasteiger partial charge in [0.25, 0.3) is 0 Å². The Labute approximate surface area is 138 Å². The summed E-state index contributed by atoms with van der Waals surface area (Å²) in [7, 11) is 0. The number of aliphatic imine (C=N–C) groups is 1. The van der Waals surface area contributed by atoms with Crippen LogP contribution in [0.5, 0.6) is 5.75 Å². The molecule has 0 N–H and O–H groups in total. The van der Waals surface area contributed by atoms with Crippen LogP contribution in [-0.4, -0.2) is 12.8 Å². The summed E-state index contributed by atoms with van der Waals surface area (Å²) in [6.07, 6.45) is 2.77. The van der Waals surface area contributed by atoms with E-state index in [4.69, 9.17) is 16.3 Å². The Balaban J connectivity index is 2.26. The number of benzene rings is 2. The summed E-state index contributed by atoms with van der Waals surface area (Å²) in [4.78, 5) is 4.48. The second-order valence-corrected chi connectivity index (χ2v) is 6.05. The van der Waals surface area contributed by atoms with Gasteiger partial charge in [0.15, 0.2) is 0 Å². The molecule has 0 heterocycles. The van der Waals surface area contributed by atoms with E-state index < -0.39 is 0 Å². The second-order valence-electron chi connectivity index (χ2n) is 4.72. The minimum Gasteiger partial charge on any atom is -0.493 e. The number of hydrogen-bond acceptors (Lipinski definition) is 2. The average Bonchev–Trinajstić information content (AvgIpc) is 2.47. The molecule has 0 saturated carbocycles. The van der Waals surface area contributed by atoms with Crippen molar-refractivity contribution in [1.29, 1.82) is 0 Å². The minimum absolute atomic E-state index is 0.693. The topological polar surface area (TPSA) is 21.6 Å². The van der Waals surface area contributed by atoms with E-state index >= 15 is 0 Å². The highest BCUT2D eigenvalue weighted by Gasteiger charge is 2.03. The molecule has 0 saturated heterocycles. The fraction of sp³-hybridized carbons (Fsp3) is 0.235. The first-order chi connectivity index (χ1) is 10.1. The molecular formula is C17H17BrClNO. The normalized spacial score (nSPS) is 11.0. The Morgan fingerprint density at radius 3 is 2.76 bits per heavy atom. The van der Waals surface area contributed by atoms with E-state index in [1.165, 1.54) is 0 Å². The summed E-state index contributed by atoms with van der Waals surface area (Å²) < 4.78 is 6.73. The number of rotatable bonds is 5. The largest absolute Gasteiger partial charge is 0.493 e. The molecule has 0 fully saturated rings. The summed E-state index contributed by atoms with van der Waals surface area (Å²) in [5, 5.41) is 0.723. The van der Waals surface area contributed by atoms with E-state index in [-0.39, 0.29) is 0 Å². The molecule has 2 rings (SSSR count). The SMILES string of the molecule is CCCOc1ccc(Br)cc1C=Nc1ccc(C)c(Cl)c1. The molecule has 2 aromatic carbocycles. The number of nitrogens with zero attached hydrogens (tertiary/aromatic N) is 1. The van der Waals surface area contributed by atoms with Crippen molar-refractivity contribution in [2.75, 3.05) is 6.61 Å². The fourth-order valence-corrected chi connectivity index (χ4v) is 2.32. The monoisotopic (exact) mass is 365 g/mol. The van der Waals surface area contributed by atoms with Crippen molar-refractivity contribution in [3.63, 3.8) is 0 Å². The molecule has 0 spiro atoms. The van der Waals surface area contributed by atoms with Crippen LogP contribution < -0.4 is 4.74 Å². The van der Waals surface area contributed by atoms with Gasteiger partial charge in [-0.25, -0.2) is 0 Å². The molecule has 2 aromatic rings. The van der Waals surface area contributed by atoms with Gasteiger partial charge in [-0.05, 0) is 49.2 Å². The predicted octanol–water partition coefficient (Wildman–Crippen LogP) is 5.95. The van der Waals surface area contributed by atoms with Crippen LogP contribution in [0.4, 0.5) is 5.69 Å². The lowest BCUT2D eigenvalue weighted by molar-refractivity contribution is 0.317. The van der Waals surface area contributed by atoms with Gasteiger partial charge in [0, 0.05) is 21.3 Å². The van der Waals surface area contributed by atoms with Crippen molar-refractivity contribution in [1.82, 2.24) is 0 Å². The lowest BCUT2D eigenvalue weighted by atomic mass is 10.2. The Bertz CT molecular complexity index is 655. The van der Waals surface area contributed by atoms with E-state index in [0.29, 0.717) is 6.61 Å². The van der Waals surface area contributed by atoms with Crippen molar-refractivity contribution >= 4 is 39.4 Å². The van der Waals surface area contributed by atoms with E-state index in [0.717, 1.165) is 38.5 Å². The highest BCUT2D eigenvalue weighted by atomic mass is 79.9. The molecule has 110 valence electrons. The molecule has 0 aliphatic carbocycles. The van der Waals surface area contributed by atoms with Crippen LogP contribution >= 0.6 is 27.5 Å². The van der Waals surface area contributed by atoms with Crippen LogP contribution in [0.25, 0.3) is 0 Å². The summed E-state index contributed by atoms with van der Waals surface area (Å²) in [6.45, 7) is 4.75. The van der Waals surface area contributed by atoms with Gasteiger partial charge in [-0.2, -0.15) is 0 Å². The number of ether oxygens (including phenoxy) is 1. The molecule has 0 aromatic heterocycles. The van der Waals surface area contributed by atoms with Gasteiger partial charge in [-0.15, -0.1) is 0 Å². The standard InChI is InChI=1S/C17H17BrClNO/c1-3-8-21-17-7-5-14(18)9-13(17)11-20-15-6-4-12(2)16(19)10-15/h4-7,9-11H,3,8H2,1-2H3. The quantitative estimate of drug-likeness (QED) is 0.599. The smallest absolute Gasteiger partial charge is 0.128 e. The van der Waals surface area contributed by atoms with E-state index in [2.05, 4.69) is 27.8 Å². The Morgan fingerprint density at radius 2 is 2.05 bits per heavy atom. The summed E-state index contributed by atoms with van der Waals surface area (Å²) in [5.74, 6) is 0.835. The Kier molecular flexibility index (Phi) is 5.83. The first kappa shape index (κ1) is 16.1. The Hall–Kier alpha value is -1.32. The van der Waals surface area contributed by atoms with Gasteiger partial charge >= 0.3 is 0 Å². The van der Waals surface area contributed by atoms with Crippen LogP contribution in [-0.2, 0) is 0 Å². The molecule has 2 nitrogen and oxygen atoms in total. The lowest BCUT2D eigenvalue weighted by Gasteiger charge is -2.08. The third kappa shape index (κ3) is 4.58. The molecule has 0 aliphatic heterocycles. The summed E-state index contributed by atoms with van der Waals surface area (Å²) in [5.41, 5.74) is 2.81.